The Morgan fingerprint density at radius 2 is 2.08 bits per heavy atom. The molecule has 1 aliphatic rings. The van der Waals surface area contributed by atoms with Crippen molar-refractivity contribution in [3.05, 3.63) is 24.3 Å². The summed E-state index contributed by atoms with van der Waals surface area (Å²) >= 11 is 0. The summed E-state index contributed by atoms with van der Waals surface area (Å²) in [4.78, 5) is 0. The molecule has 0 amide bonds. The summed E-state index contributed by atoms with van der Waals surface area (Å²) in [5.41, 5.74) is 7.76. The summed E-state index contributed by atoms with van der Waals surface area (Å²) in [6, 6.07) is 0.251. The summed E-state index contributed by atoms with van der Waals surface area (Å²) < 4.78 is 0. The Balaban J connectivity index is 2.66. The standard InChI is InChI=1S/C12H21N/c1-5-6-10(4)11(13)12(7-8-12)9(2)3/h5-6,10-11H,2,7-8,13H2,1,3-4H3/b6-5-. The van der Waals surface area contributed by atoms with Crippen LogP contribution < -0.4 is 5.73 Å². The summed E-state index contributed by atoms with van der Waals surface area (Å²) in [7, 11) is 0. The van der Waals surface area contributed by atoms with Gasteiger partial charge in [-0.1, -0.05) is 31.2 Å². The van der Waals surface area contributed by atoms with Crippen molar-refractivity contribution in [2.45, 2.75) is 39.7 Å². The molecule has 1 saturated carbocycles. The minimum Gasteiger partial charge on any atom is -0.326 e. The minimum atomic E-state index is 0.251. The average molecular weight is 179 g/mol. The maximum atomic E-state index is 6.23. The predicted octanol–water partition coefficient (Wildman–Crippen LogP) is 2.88. The monoisotopic (exact) mass is 179 g/mol. The van der Waals surface area contributed by atoms with Crippen LogP contribution in [0.4, 0.5) is 0 Å². The first-order chi connectivity index (χ1) is 6.04. The molecule has 2 unspecified atom stereocenters. The number of rotatable bonds is 4. The third-order valence-corrected chi connectivity index (χ3v) is 3.34. The molecule has 0 heterocycles. The van der Waals surface area contributed by atoms with E-state index < -0.39 is 0 Å². The summed E-state index contributed by atoms with van der Waals surface area (Å²) in [5.74, 6) is 0.462. The van der Waals surface area contributed by atoms with E-state index in [-0.39, 0.29) is 11.5 Å². The van der Waals surface area contributed by atoms with Gasteiger partial charge in [-0.15, -0.1) is 0 Å². The molecule has 2 N–H and O–H groups in total. The highest BCUT2D eigenvalue weighted by Gasteiger charge is 2.49. The van der Waals surface area contributed by atoms with Gasteiger partial charge < -0.3 is 5.73 Å². The van der Waals surface area contributed by atoms with Crippen molar-refractivity contribution in [3.8, 4) is 0 Å². The fraction of sp³-hybridized carbons (Fsp3) is 0.667. The van der Waals surface area contributed by atoms with E-state index in [1.807, 2.05) is 6.92 Å². The van der Waals surface area contributed by atoms with Crippen LogP contribution in [0.15, 0.2) is 24.3 Å². The molecule has 0 bridgehead atoms. The Morgan fingerprint density at radius 1 is 1.54 bits per heavy atom. The van der Waals surface area contributed by atoms with Gasteiger partial charge in [-0.25, -0.2) is 0 Å². The van der Waals surface area contributed by atoms with Crippen LogP contribution in [0.3, 0.4) is 0 Å². The number of hydrogen-bond donors (Lipinski definition) is 1. The Morgan fingerprint density at radius 3 is 2.38 bits per heavy atom. The molecule has 0 saturated heterocycles. The van der Waals surface area contributed by atoms with E-state index in [0.29, 0.717) is 5.92 Å². The van der Waals surface area contributed by atoms with E-state index >= 15 is 0 Å². The minimum absolute atomic E-state index is 0.251. The van der Waals surface area contributed by atoms with E-state index in [9.17, 15) is 0 Å². The highest BCUT2D eigenvalue weighted by atomic mass is 14.8. The van der Waals surface area contributed by atoms with Crippen LogP contribution in [0, 0.1) is 11.3 Å². The number of nitrogens with two attached hydrogens (primary N) is 1. The van der Waals surface area contributed by atoms with E-state index in [0.717, 1.165) is 0 Å². The van der Waals surface area contributed by atoms with Crippen molar-refractivity contribution in [1.29, 1.82) is 0 Å². The van der Waals surface area contributed by atoms with Crippen molar-refractivity contribution in [2.24, 2.45) is 17.1 Å². The van der Waals surface area contributed by atoms with Crippen molar-refractivity contribution in [3.63, 3.8) is 0 Å². The third kappa shape index (κ3) is 1.86. The molecule has 1 aliphatic carbocycles. The predicted molar refractivity (Wildman–Crippen MR) is 58.4 cm³/mol. The molecule has 0 aromatic carbocycles. The molecule has 0 aromatic rings. The normalized spacial score (nSPS) is 24.3. The van der Waals surface area contributed by atoms with Crippen molar-refractivity contribution in [1.82, 2.24) is 0 Å². The molecular formula is C12H21N. The average Bonchev–Trinajstić information content (AvgIpc) is 2.83. The molecule has 2 atom stereocenters. The van der Waals surface area contributed by atoms with Gasteiger partial charge in [0.05, 0.1) is 0 Å². The lowest BCUT2D eigenvalue weighted by molar-refractivity contribution is 0.389. The Kier molecular flexibility index (Phi) is 2.97. The maximum Gasteiger partial charge on any atom is 0.0194 e. The van der Waals surface area contributed by atoms with Crippen LogP contribution in [-0.2, 0) is 0 Å². The summed E-state index contributed by atoms with van der Waals surface area (Å²) in [6.45, 7) is 10.4. The molecule has 0 spiro atoms. The maximum absolute atomic E-state index is 6.23. The highest BCUT2D eigenvalue weighted by molar-refractivity contribution is 5.22. The van der Waals surface area contributed by atoms with Gasteiger partial charge in [-0.3, -0.25) is 0 Å². The molecule has 13 heavy (non-hydrogen) atoms. The van der Waals surface area contributed by atoms with Crippen LogP contribution in [-0.4, -0.2) is 6.04 Å². The smallest absolute Gasteiger partial charge is 0.0194 e. The Hall–Kier alpha value is -0.560. The Labute approximate surface area is 81.7 Å². The van der Waals surface area contributed by atoms with E-state index in [4.69, 9.17) is 5.73 Å². The SMILES string of the molecule is C=C(C)C1(C(N)C(C)/C=C\C)CC1. The summed E-state index contributed by atoms with van der Waals surface area (Å²) in [6.07, 6.45) is 6.73. The van der Waals surface area contributed by atoms with Crippen molar-refractivity contribution in [2.75, 3.05) is 0 Å². The van der Waals surface area contributed by atoms with Crippen LogP contribution in [0.25, 0.3) is 0 Å². The largest absolute Gasteiger partial charge is 0.326 e. The molecule has 74 valence electrons. The molecular weight excluding hydrogens is 158 g/mol. The molecule has 1 rings (SSSR count). The van der Waals surface area contributed by atoms with E-state index in [2.05, 4.69) is 32.6 Å². The first kappa shape index (κ1) is 10.5. The van der Waals surface area contributed by atoms with Crippen molar-refractivity contribution >= 4 is 0 Å². The van der Waals surface area contributed by atoms with Gasteiger partial charge in [0.25, 0.3) is 0 Å². The van der Waals surface area contributed by atoms with E-state index in [1.54, 1.807) is 0 Å². The van der Waals surface area contributed by atoms with Gasteiger partial charge in [0.2, 0.25) is 0 Å². The third-order valence-electron chi connectivity index (χ3n) is 3.34. The number of allylic oxidation sites excluding steroid dienone is 1. The molecule has 0 aromatic heterocycles. The van der Waals surface area contributed by atoms with Crippen molar-refractivity contribution < 1.29 is 0 Å². The van der Waals surface area contributed by atoms with Crippen LogP contribution in [0.5, 0.6) is 0 Å². The topological polar surface area (TPSA) is 26.0 Å². The second-order valence-electron chi connectivity index (χ2n) is 4.35. The zero-order valence-corrected chi connectivity index (χ0v) is 9.01. The second-order valence-corrected chi connectivity index (χ2v) is 4.35. The lowest BCUT2D eigenvalue weighted by Gasteiger charge is -2.27. The Bertz CT molecular complexity index is 223. The first-order valence-electron chi connectivity index (χ1n) is 5.09. The fourth-order valence-electron chi connectivity index (χ4n) is 2.11. The quantitative estimate of drug-likeness (QED) is 0.660. The van der Waals surface area contributed by atoms with Crippen LogP contribution in [0.2, 0.25) is 0 Å². The molecule has 1 heteroatoms. The van der Waals surface area contributed by atoms with Crippen LogP contribution >= 0.6 is 0 Å². The van der Waals surface area contributed by atoms with Gasteiger partial charge in [0.15, 0.2) is 0 Å². The lowest BCUT2D eigenvalue weighted by Crippen LogP contribution is -2.37. The molecule has 1 nitrogen and oxygen atoms in total. The second kappa shape index (κ2) is 3.67. The van der Waals surface area contributed by atoms with Gasteiger partial charge >= 0.3 is 0 Å². The zero-order chi connectivity index (χ0) is 10.1. The van der Waals surface area contributed by atoms with Gasteiger partial charge in [-0.05, 0) is 32.6 Å². The van der Waals surface area contributed by atoms with E-state index in [1.165, 1.54) is 18.4 Å². The molecule has 1 fully saturated rings. The number of hydrogen-bond acceptors (Lipinski definition) is 1. The first-order valence-corrected chi connectivity index (χ1v) is 5.09. The summed E-state index contributed by atoms with van der Waals surface area (Å²) in [5, 5.41) is 0. The van der Waals surface area contributed by atoms with Crippen LogP contribution in [0.1, 0.15) is 33.6 Å². The zero-order valence-electron chi connectivity index (χ0n) is 9.01. The fourth-order valence-corrected chi connectivity index (χ4v) is 2.11. The van der Waals surface area contributed by atoms with Gasteiger partial charge in [-0.2, -0.15) is 0 Å². The molecule has 0 radical (unpaired) electrons. The van der Waals surface area contributed by atoms with Gasteiger partial charge in [0.1, 0.15) is 0 Å². The lowest BCUT2D eigenvalue weighted by atomic mass is 9.82. The van der Waals surface area contributed by atoms with Gasteiger partial charge in [0, 0.05) is 11.5 Å². The highest BCUT2D eigenvalue weighted by Crippen LogP contribution is 2.54. The molecule has 0 aliphatic heterocycles.